The molecule has 2 unspecified atom stereocenters. The van der Waals surface area contributed by atoms with Gasteiger partial charge in [0.15, 0.2) is 6.29 Å². The first-order valence-electron chi connectivity index (χ1n) is 7.45. The van der Waals surface area contributed by atoms with E-state index in [1.807, 2.05) is 13.8 Å². The molecule has 0 aromatic heterocycles. The zero-order chi connectivity index (χ0) is 13.4. The van der Waals surface area contributed by atoms with Crippen LogP contribution in [0.2, 0.25) is 0 Å². The van der Waals surface area contributed by atoms with Crippen LogP contribution in [0, 0.1) is 11.8 Å². The van der Waals surface area contributed by atoms with Gasteiger partial charge in [-0.05, 0) is 25.7 Å². The van der Waals surface area contributed by atoms with E-state index in [0.29, 0.717) is 6.61 Å². The van der Waals surface area contributed by atoms with Crippen LogP contribution >= 0.6 is 0 Å². The largest absolute Gasteiger partial charge is 0.436 e. The van der Waals surface area contributed by atoms with E-state index < -0.39 is 6.29 Å². The summed E-state index contributed by atoms with van der Waals surface area (Å²) in [5, 5.41) is 0. The minimum absolute atomic E-state index is 0.0330. The van der Waals surface area contributed by atoms with Crippen LogP contribution in [-0.4, -0.2) is 18.9 Å². The lowest BCUT2D eigenvalue weighted by Gasteiger charge is -2.22. The second kappa shape index (κ2) is 8.52. The first-order valence-corrected chi connectivity index (χ1v) is 7.45. The van der Waals surface area contributed by atoms with Gasteiger partial charge in [0, 0.05) is 0 Å². The topological polar surface area (TPSA) is 35.5 Å². The van der Waals surface area contributed by atoms with E-state index in [2.05, 4.69) is 0 Å². The molecule has 0 bridgehead atoms. The molecule has 0 saturated heterocycles. The first-order chi connectivity index (χ1) is 8.63. The maximum Gasteiger partial charge on any atom is 0.310 e. The summed E-state index contributed by atoms with van der Waals surface area (Å²) in [5.74, 6) is 0.633. The smallest absolute Gasteiger partial charge is 0.310 e. The quantitative estimate of drug-likeness (QED) is 0.512. The third kappa shape index (κ3) is 5.85. The van der Waals surface area contributed by atoms with Crippen molar-refractivity contribution in [1.29, 1.82) is 0 Å². The van der Waals surface area contributed by atoms with Crippen LogP contribution in [0.3, 0.4) is 0 Å². The maximum absolute atomic E-state index is 11.5. The Labute approximate surface area is 111 Å². The van der Waals surface area contributed by atoms with Crippen molar-refractivity contribution in [3.8, 4) is 0 Å². The van der Waals surface area contributed by atoms with Gasteiger partial charge in [-0.25, -0.2) is 0 Å². The van der Waals surface area contributed by atoms with Crippen molar-refractivity contribution in [3.63, 3.8) is 0 Å². The lowest BCUT2D eigenvalue weighted by Crippen LogP contribution is -2.23. The SMILES string of the molecule is CCC(C)C(=O)OC(C)OCCC1CCCCC1. The third-order valence-corrected chi connectivity index (χ3v) is 3.90. The number of hydrogen-bond acceptors (Lipinski definition) is 3. The van der Waals surface area contributed by atoms with Gasteiger partial charge in [0.25, 0.3) is 0 Å². The van der Waals surface area contributed by atoms with E-state index in [1.54, 1.807) is 6.92 Å². The molecule has 1 fully saturated rings. The molecule has 0 radical (unpaired) electrons. The second-order valence-corrected chi connectivity index (χ2v) is 5.48. The van der Waals surface area contributed by atoms with Crippen LogP contribution in [0.15, 0.2) is 0 Å². The molecule has 1 saturated carbocycles. The summed E-state index contributed by atoms with van der Waals surface area (Å²) in [4.78, 5) is 11.5. The number of hydrogen-bond donors (Lipinski definition) is 0. The summed E-state index contributed by atoms with van der Waals surface area (Å²) >= 11 is 0. The van der Waals surface area contributed by atoms with E-state index in [9.17, 15) is 4.79 Å². The maximum atomic E-state index is 11.5. The predicted molar refractivity (Wildman–Crippen MR) is 72.2 cm³/mol. The molecule has 1 rings (SSSR count). The Balaban J connectivity index is 2.09. The van der Waals surface area contributed by atoms with Crippen molar-refractivity contribution in [2.45, 2.75) is 72.0 Å². The molecule has 0 spiro atoms. The average molecular weight is 256 g/mol. The Morgan fingerprint density at radius 3 is 2.50 bits per heavy atom. The van der Waals surface area contributed by atoms with Crippen LogP contribution in [0.1, 0.15) is 65.7 Å². The van der Waals surface area contributed by atoms with Gasteiger partial charge in [-0.1, -0.05) is 46.0 Å². The molecule has 3 nitrogen and oxygen atoms in total. The predicted octanol–water partition coefficient (Wildman–Crippen LogP) is 3.91. The molecular weight excluding hydrogens is 228 g/mol. The molecule has 0 amide bonds. The van der Waals surface area contributed by atoms with Crippen LogP contribution in [0.5, 0.6) is 0 Å². The average Bonchev–Trinajstić information content (AvgIpc) is 2.38. The zero-order valence-corrected chi connectivity index (χ0v) is 12.1. The zero-order valence-electron chi connectivity index (χ0n) is 12.1. The lowest BCUT2D eigenvalue weighted by molar-refractivity contribution is -0.179. The molecular formula is C15H28O3. The molecule has 18 heavy (non-hydrogen) atoms. The van der Waals surface area contributed by atoms with Gasteiger partial charge in [-0.15, -0.1) is 0 Å². The van der Waals surface area contributed by atoms with Crippen LogP contribution < -0.4 is 0 Å². The van der Waals surface area contributed by atoms with E-state index in [0.717, 1.165) is 18.8 Å². The van der Waals surface area contributed by atoms with Crippen molar-refractivity contribution < 1.29 is 14.3 Å². The van der Waals surface area contributed by atoms with E-state index in [-0.39, 0.29) is 11.9 Å². The highest BCUT2D eigenvalue weighted by molar-refractivity contribution is 5.71. The Morgan fingerprint density at radius 2 is 1.89 bits per heavy atom. The molecule has 2 atom stereocenters. The number of carbonyl (C=O) groups is 1. The summed E-state index contributed by atoms with van der Waals surface area (Å²) in [6.45, 7) is 6.39. The Morgan fingerprint density at radius 1 is 1.22 bits per heavy atom. The highest BCUT2D eigenvalue weighted by Gasteiger charge is 2.17. The normalized spacial score (nSPS) is 20.4. The molecule has 0 heterocycles. The van der Waals surface area contributed by atoms with E-state index in [1.165, 1.54) is 32.1 Å². The summed E-state index contributed by atoms with van der Waals surface area (Å²) in [6, 6.07) is 0. The molecule has 0 N–H and O–H groups in total. The second-order valence-electron chi connectivity index (χ2n) is 5.48. The number of ether oxygens (including phenoxy) is 2. The molecule has 0 aromatic carbocycles. The first kappa shape index (κ1) is 15.5. The summed E-state index contributed by atoms with van der Waals surface area (Å²) in [6.07, 6.45) is 8.30. The van der Waals surface area contributed by atoms with Crippen LogP contribution in [-0.2, 0) is 14.3 Å². The Bertz CT molecular complexity index is 234. The minimum atomic E-state index is -0.407. The van der Waals surface area contributed by atoms with Gasteiger partial charge >= 0.3 is 5.97 Å². The molecule has 0 aromatic rings. The van der Waals surface area contributed by atoms with Gasteiger partial charge in [0.1, 0.15) is 0 Å². The van der Waals surface area contributed by atoms with E-state index >= 15 is 0 Å². The van der Waals surface area contributed by atoms with Gasteiger partial charge in [-0.3, -0.25) is 4.79 Å². The van der Waals surface area contributed by atoms with Crippen LogP contribution in [0.25, 0.3) is 0 Å². The lowest BCUT2D eigenvalue weighted by atomic mass is 9.87. The summed E-state index contributed by atoms with van der Waals surface area (Å²) in [7, 11) is 0. The summed E-state index contributed by atoms with van der Waals surface area (Å²) in [5.41, 5.74) is 0. The fraction of sp³-hybridized carbons (Fsp3) is 0.933. The van der Waals surface area contributed by atoms with Crippen molar-refractivity contribution >= 4 is 5.97 Å². The van der Waals surface area contributed by atoms with Gasteiger partial charge in [0.05, 0.1) is 12.5 Å². The van der Waals surface area contributed by atoms with Crippen molar-refractivity contribution in [2.75, 3.05) is 6.61 Å². The molecule has 3 heteroatoms. The molecule has 0 aliphatic heterocycles. The standard InChI is InChI=1S/C15H28O3/c1-4-12(2)15(16)18-13(3)17-11-10-14-8-6-5-7-9-14/h12-14H,4-11H2,1-3H3. The molecule has 106 valence electrons. The van der Waals surface area contributed by atoms with Crippen LogP contribution in [0.4, 0.5) is 0 Å². The van der Waals surface area contributed by atoms with Crippen molar-refractivity contribution in [3.05, 3.63) is 0 Å². The number of rotatable bonds is 7. The monoisotopic (exact) mass is 256 g/mol. The highest BCUT2D eigenvalue weighted by Crippen LogP contribution is 2.26. The van der Waals surface area contributed by atoms with Crippen molar-refractivity contribution in [2.24, 2.45) is 11.8 Å². The Kier molecular flexibility index (Phi) is 7.33. The summed E-state index contributed by atoms with van der Waals surface area (Å²) < 4.78 is 10.8. The number of esters is 1. The molecule has 1 aliphatic carbocycles. The Hall–Kier alpha value is -0.570. The van der Waals surface area contributed by atoms with Crippen molar-refractivity contribution in [1.82, 2.24) is 0 Å². The molecule has 1 aliphatic rings. The number of carbonyl (C=O) groups excluding carboxylic acids is 1. The highest BCUT2D eigenvalue weighted by atomic mass is 16.7. The fourth-order valence-electron chi connectivity index (χ4n) is 2.36. The third-order valence-electron chi connectivity index (χ3n) is 3.90. The van der Waals surface area contributed by atoms with E-state index in [4.69, 9.17) is 9.47 Å². The van der Waals surface area contributed by atoms with Gasteiger partial charge in [-0.2, -0.15) is 0 Å². The minimum Gasteiger partial charge on any atom is -0.436 e. The fourth-order valence-corrected chi connectivity index (χ4v) is 2.36. The van der Waals surface area contributed by atoms with Gasteiger partial charge < -0.3 is 9.47 Å². The van der Waals surface area contributed by atoms with Gasteiger partial charge in [0.2, 0.25) is 0 Å².